The Kier molecular flexibility index (Phi) is 4.64. The number of hydrogen-bond acceptors (Lipinski definition) is 3. The minimum atomic E-state index is -0.0755. The maximum Gasteiger partial charge on any atom is 0.128 e. The lowest BCUT2D eigenvalue weighted by molar-refractivity contribution is 0.299. The summed E-state index contributed by atoms with van der Waals surface area (Å²) in [5.41, 5.74) is 9.33. The van der Waals surface area contributed by atoms with E-state index in [2.05, 4.69) is 25.1 Å². The second kappa shape index (κ2) is 6.44. The van der Waals surface area contributed by atoms with Crippen molar-refractivity contribution in [3.63, 3.8) is 0 Å². The highest BCUT2D eigenvalue weighted by Gasteiger charge is 2.10. The van der Waals surface area contributed by atoms with E-state index < -0.39 is 0 Å². The summed E-state index contributed by atoms with van der Waals surface area (Å²) in [7, 11) is 1.64. The van der Waals surface area contributed by atoms with Crippen molar-refractivity contribution in [1.29, 1.82) is 0 Å². The van der Waals surface area contributed by atoms with E-state index in [0.29, 0.717) is 6.61 Å². The van der Waals surface area contributed by atoms with Crippen LogP contribution in [0.15, 0.2) is 42.5 Å². The smallest absolute Gasteiger partial charge is 0.128 e. The fourth-order valence-corrected chi connectivity index (χ4v) is 2.11. The van der Waals surface area contributed by atoms with Gasteiger partial charge in [-0.05, 0) is 25.5 Å². The lowest BCUT2D eigenvalue weighted by atomic mass is 10.1. The lowest BCUT2D eigenvalue weighted by Crippen LogP contribution is -2.08. The first-order valence-corrected chi connectivity index (χ1v) is 6.72. The van der Waals surface area contributed by atoms with Crippen LogP contribution >= 0.6 is 0 Å². The molecule has 20 heavy (non-hydrogen) atoms. The van der Waals surface area contributed by atoms with E-state index in [1.54, 1.807) is 7.11 Å². The van der Waals surface area contributed by atoms with E-state index in [1.165, 1.54) is 5.56 Å². The molecule has 0 fully saturated rings. The van der Waals surface area contributed by atoms with E-state index in [4.69, 9.17) is 15.2 Å². The van der Waals surface area contributed by atoms with Crippen LogP contribution in [0.25, 0.3) is 0 Å². The molecular formula is C17H21NO2. The number of methoxy groups -OCH3 is 1. The highest BCUT2D eigenvalue weighted by molar-refractivity contribution is 5.42. The molecule has 0 heterocycles. The van der Waals surface area contributed by atoms with Gasteiger partial charge in [0, 0.05) is 17.7 Å². The lowest BCUT2D eigenvalue weighted by Gasteiger charge is -2.15. The number of ether oxygens (including phenoxy) is 2. The zero-order valence-electron chi connectivity index (χ0n) is 12.2. The van der Waals surface area contributed by atoms with E-state index in [-0.39, 0.29) is 6.04 Å². The summed E-state index contributed by atoms with van der Waals surface area (Å²) in [6.07, 6.45) is 0. The Morgan fingerprint density at radius 1 is 1.15 bits per heavy atom. The van der Waals surface area contributed by atoms with Crippen molar-refractivity contribution >= 4 is 0 Å². The summed E-state index contributed by atoms with van der Waals surface area (Å²) >= 11 is 0. The molecule has 0 aliphatic heterocycles. The number of nitrogens with two attached hydrogens (primary N) is 1. The molecule has 0 bridgehead atoms. The molecule has 0 saturated carbocycles. The van der Waals surface area contributed by atoms with Crippen molar-refractivity contribution in [3.8, 4) is 11.5 Å². The van der Waals surface area contributed by atoms with E-state index in [1.807, 2.05) is 31.2 Å². The average Bonchev–Trinajstić information content (AvgIpc) is 2.44. The van der Waals surface area contributed by atoms with Gasteiger partial charge in [0.2, 0.25) is 0 Å². The Labute approximate surface area is 120 Å². The van der Waals surface area contributed by atoms with Gasteiger partial charge < -0.3 is 15.2 Å². The highest BCUT2D eigenvalue weighted by atomic mass is 16.5. The summed E-state index contributed by atoms with van der Waals surface area (Å²) < 4.78 is 11.2. The first-order chi connectivity index (χ1) is 9.60. The molecule has 2 aromatic carbocycles. The van der Waals surface area contributed by atoms with Crippen LogP contribution in [-0.4, -0.2) is 7.11 Å². The topological polar surface area (TPSA) is 44.5 Å². The third-order valence-corrected chi connectivity index (χ3v) is 3.19. The van der Waals surface area contributed by atoms with Crippen molar-refractivity contribution in [2.75, 3.05) is 7.11 Å². The Balaban J connectivity index is 2.19. The van der Waals surface area contributed by atoms with Gasteiger partial charge in [0.15, 0.2) is 0 Å². The van der Waals surface area contributed by atoms with Crippen LogP contribution in [0.5, 0.6) is 11.5 Å². The van der Waals surface area contributed by atoms with Crippen molar-refractivity contribution < 1.29 is 9.47 Å². The quantitative estimate of drug-likeness (QED) is 0.903. The van der Waals surface area contributed by atoms with Gasteiger partial charge in [0.1, 0.15) is 18.1 Å². The van der Waals surface area contributed by atoms with Gasteiger partial charge in [0.05, 0.1) is 7.11 Å². The van der Waals surface area contributed by atoms with Crippen LogP contribution in [0, 0.1) is 6.92 Å². The average molecular weight is 271 g/mol. The molecule has 1 atom stereocenters. The second-order valence-corrected chi connectivity index (χ2v) is 4.97. The molecular weight excluding hydrogens is 250 g/mol. The standard InChI is InChI=1S/C17H21NO2/c1-12-5-4-6-14(9-12)11-20-17-10-15(19-3)7-8-16(17)13(2)18/h4-10,13H,11,18H2,1-3H3/t13-/m1/s1. The summed E-state index contributed by atoms with van der Waals surface area (Å²) in [6, 6.07) is 13.9. The zero-order chi connectivity index (χ0) is 14.5. The number of rotatable bonds is 5. The zero-order valence-corrected chi connectivity index (χ0v) is 12.2. The summed E-state index contributed by atoms with van der Waals surface area (Å²) in [4.78, 5) is 0. The number of aryl methyl sites for hydroxylation is 1. The normalized spacial score (nSPS) is 12.0. The molecule has 2 N–H and O–H groups in total. The molecule has 2 aromatic rings. The minimum Gasteiger partial charge on any atom is -0.497 e. The van der Waals surface area contributed by atoms with Crippen LogP contribution in [0.1, 0.15) is 29.7 Å². The van der Waals surface area contributed by atoms with E-state index in [9.17, 15) is 0 Å². The number of benzene rings is 2. The van der Waals surface area contributed by atoms with Crippen LogP contribution in [0.3, 0.4) is 0 Å². The van der Waals surface area contributed by atoms with Gasteiger partial charge in [-0.2, -0.15) is 0 Å². The van der Waals surface area contributed by atoms with Gasteiger partial charge in [-0.15, -0.1) is 0 Å². The Morgan fingerprint density at radius 3 is 2.60 bits per heavy atom. The van der Waals surface area contributed by atoms with Crippen LogP contribution in [-0.2, 0) is 6.61 Å². The molecule has 106 valence electrons. The first-order valence-electron chi connectivity index (χ1n) is 6.72. The van der Waals surface area contributed by atoms with Crippen LogP contribution < -0.4 is 15.2 Å². The predicted molar refractivity (Wildman–Crippen MR) is 81.1 cm³/mol. The molecule has 0 radical (unpaired) electrons. The molecule has 0 unspecified atom stereocenters. The van der Waals surface area contributed by atoms with Crippen molar-refractivity contribution in [2.24, 2.45) is 5.73 Å². The SMILES string of the molecule is COc1ccc([C@@H](C)N)c(OCc2cccc(C)c2)c1. The Morgan fingerprint density at radius 2 is 1.95 bits per heavy atom. The third kappa shape index (κ3) is 3.52. The molecule has 0 spiro atoms. The van der Waals surface area contributed by atoms with Crippen LogP contribution in [0.2, 0.25) is 0 Å². The molecule has 3 nitrogen and oxygen atoms in total. The second-order valence-electron chi connectivity index (χ2n) is 4.97. The van der Waals surface area contributed by atoms with Crippen molar-refractivity contribution in [1.82, 2.24) is 0 Å². The first kappa shape index (κ1) is 14.4. The maximum absolute atomic E-state index is 5.98. The van der Waals surface area contributed by atoms with Gasteiger partial charge in [-0.25, -0.2) is 0 Å². The molecule has 3 heteroatoms. The molecule has 0 aliphatic carbocycles. The fraction of sp³-hybridized carbons (Fsp3) is 0.294. The van der Waals surface area contributed by atoms with Gasteiger partial charge in [-0.3, -0.25) is 0 Å². The molecule has 0 amide bonds. The minimum absolute atomic E-state index is 0.0755. The third-order valence-electron chi connectivity index (χ3n) is 3.19. The predicted octanol–water partition coefficient (Wildman–Crippen LogP) is 3.60. The van der Waals surface area contributed by atoms with E-state index >= 15 is 0 Å². The molecule has 2 rings (SSSR count). The molecule has 0 saturated heterocycles. The largest absolute Gasteiger partial charge is 0.497 e. The highest BCUT2D eigenvalue weighted by Crippen LogP contribution is 2.29. The maximum atomic E-state index is 5.98. The van der Waals surface area contributed by atoms with Gasteiger partial charge >= 0.3 is 0 Å². The van der Waals surface area contributed by atoms with Gasteiger partial charge in [0.25, 0.3) is 0 Å². The van der Waals surface area contributed by atoms with E-state index in [0.717, 1.165) is 22.6 Å². The molecule has 0 aliphatic rings. The Hall–Kier alpha value is -2.00. The summed E-state index contributed by atoms with van der Waals surface area (Å²) in [6.45, 7) is 4.54. The summed E-state index contributed by atoms with van der Waals surface area (Å²) in [5.74, 6) is 1.55. The Bertz CT molecular complexity index is 579. The van der Waals surface area contributed by atoms with Crippen molar-refractivity contribution in [2.45, 2.75) is 26.5 Å². The monoisotopic (exact) mass is 271 g/mol. The van der Waals surface area contributed by atoms with Crippen molar-refractivity contribution in [3.05, 3.63) is 59.2 Å². The molecule has 0 aromatic heterocycles. The fourth-order valence-electron chi connectivity index (χ4n) is 2.11. The summed E-state index contributed by atoms with van der Waals surface area (Å²) in [5, 5.41) is 0. The van der Waals surface area contributed by atoms with Crippen LogP contribution in [0.4, 0.5) is 0 Å². The van der Waals surface area contributed by atoms with Gasteiger partial charge in [-0.1, -0.05) is 35.9 Å². The number of hydrogen-bond donors (Lipinski definition) is 1.